The van der Waals surface area contributed by atoms with Crippen molar-refractivity contribution in [1.82, 2.24) is 19.1 Å². The van der Waals surface area contributed by atoms with Gasteiger partial charge < -0.3 is 9.13 Å². The van der Waals surface area contributed by atoms with Crippen LogP contribution in [0.2, 0.25) is 0 Å². The fourth-order valence-corrected chi connectivity index (χ4v) is 2.80. The topological polar surface area (TPSA) is 35.6 Å². The molecule has 0 aromatic carbocycles. The number of rotatable bonds is 5. The molecule has 4 nitrogen and oxygen atoms in total. The Labute approximate surface area is 141 Å². The molecule has 0 saturated heterocycles. The van der Waals surface area contributed by atoms with Crippen molar-refractivity contribution >= 4 is 0 Å². The molecule has 24 heavy (non-hydrogen) atoms. The molecule has 0 fully saturated rings. The maximum atomic E-state index is 4.50. The van der Waals surface area contributed by atoms with Crippen LogP contribution < -0.4 is 0 Å². The zero-order valence-corrected chi connectivity index (χ0v) is 13.3. The summed E-state index contributed by atoms with van der Waals surface area (Å²) in [6.07, 6.45) is 12.0. The number of nitrogens with zero attached hydrogens (tertiary/aromatic N) is 4. The van der Waals surface area contributed by atoms with E-state index >= 15 is 0 Å². The molecule has 0 radical (unpaired) electrons. The van der Waals surface area contributed by atoms with Gasteiger partial charge in [-0.1, -0.05) is 0 Å². The minimum atomic E-state index is 0.839. The van der Waals surface area contributed by atoms with Crippen molar-refractivity contribution < 1.29 is 0 Å². The van der Waals surface area contributed by atoms with Gasteiger partial charge in [0.15, 0.2) is 0 Å². The molecule has 0 atom stereocenters. The highest BCUT2D eigenvalue weighted by atomic mass is 14.9. The lowest BCUT2D eigenvalue weighted by molar-refractivity contribution is 0.803. The average Bonchev–Trinajstić information content (AvgIpc) is 3.30. The van der Waals surface area contributed by atoms with E-state index in [1.807, 2.05) is 48.8 Å². The van der Waals surface area contributed by atoms with Crippen LogP contribution in [0.3, 0.4) is 0 Å². The second kappa shape index (κ2) is 6.54. The zero-order chi connectivity index (χ0) is 16.2. The third kappa shape index (κ3) is 3.27. The molecule has 4 aromatic rings. The van der Waals surface area contributed by atoms with Gasteiger partial charge in [-0.15, -0.1) is 0 Å². The van der Waals surface area contributed by atoms with Crippen LogP contribution in [0.15, 0.2) is 85.7 Å². The lowest BCUT2D eigenvalue weighted by Gasteiger charge is -2.08. The lowest BCUT2D eigenvalue weighted by Crippen LogP contribution is -1.99. The van der Waals surface area contributed by atoms with Crippen LogP contribution in [0.5, 0.6) is 0 Å². The molecular weight excluding hydrogens is 296 g/mol. The van der Waals surface area contributed by atoms with Gasteiger partial charge >= 0.3 is 0 Å². The van der Waals surface area contributed by atoms with Gasteiger partial charge in [0.1, 0.15) is 0 Å². The molecule has 4 rings (SSSR count). The highest BCUT2D eigenvalue weighted by Crippen LogP contribution is 2.18. The molecule has 4 aromatic heterocycles. The van der Waals surface area contributed by atoms with E-state index in [1.54, 1.807) is 0 Å². The van der Waals surface area contributed by atoms with E-state index in [0.29, 0.717) is 0 Å². The Morgan fingerprint density at radius 1 is 0.625 bits per heavy atom. The second-order valence-electron chi connectivity index (χ2n) is 5.81. The Morgan fingerprint density at radius 2 is 1.04 bits per heavy atom. The van der Waals surface area contributed by atoms with Gasteiger partial charge in [-0.3, -0.25) is 9.97 Å². The molecule has 0 N–H and O–H groups in total. The van der Waals surface area contributed by atoms with Gasteiger partial charge in [0, 0.05) is 50.3 Å². The first-order valence-corrected chi connectivity index (χ1v) is 7.98. The summed E-state index contributed by atoms with van der Waals surface area (Å²) >= 11 is 0. The third-order valence-corrected chi connectivity index (χ3v) is 3.97. The summed E-state index contributed by atoms with van der Waals surface area (Å²) < 4.78 is 4.30. The first-order valence-electron chi connectivity index (χ1n) is 7.98. The van der Waals surface area contributed by atoms with Crippen LogP contribution in [-0.2, 0) is 13.1 Å². The van der Waals surface area contributed by atoms with Crippen molar-refractivity contribution in [3.8, 4) is 11.4 Å². The van der Waals surface area contributed by atoms with E-state index < -0.39 is 0 Å². The fraction of sp³-hybridized carbons (Fsp3) is 0.100. The molecule has 0 aliphatic rings. The summed E-state index contributed by atoms with van der Waals surface area (Å²) in [5.74, 6) is 0. The molecule has 0 amide bonds. The third-order valence-electron chi connectivity index (χ3n) is 3.97. The number of hydrogen-bond donors (Lipinski definition) is 0. The molecule has 118 valence electrons. The molecule has 4 heteroatoms. The summed E-state index contributed by atoms with van der Waals surface area (Å²) in [5.41, 5.74) is 4.26. The van der Waals surface area contributed by atoms with Gasteiger partial charge in [0.05, 0.1) is 11.4 Å². The van der Waals surface area contributed by atoms with Crippen LogP contribution in [0.1, 0.15) is 11.1 Å². The second-order valence-corrected chi connectivity index (χ2v) is 5.81. The van der Waals surface area contributed by atoms with Crippen molar-refractivity contribution in [3.05, 3.63) is 96.8 Å². The molecular formula is C20H18N4. The predicted molar refractivity (Wildman–Crippen MR) is 94.5 cm³/mol. The SMILES string of the molecule is c1ccn(Cc2ccnc(-c3cc(Cn4cccc4)ccn3)c2)c1. The maximum absolute atomic E-state index is 4.50. The molecule has 0 bridgehead atoms. The van der Waals surface area contributed by atoms with Crippen molar-refractivity contribution in [2.75, 3.05) is 0 Å². The first kappa shape index (κ1) is 14.5. The number of pyridine rings is 2. The Morgan fingerprint density at radius 3 is 1.46 bits per heavy atom. The van der Waals surface area contributed by atoms with E-state index in [2.05, 4.69) is 56.0 Å². The molecule has 4 heterocycles. The monoisotopic (exact) mass is 314 g/mol. The van der Waals surface area contributed by atoms with Gasteiger partial charge in [-0.05, 0) is 59.7 Å². The fourth-order valence-electron chi connectivity index (χ4n) is 2.80. The minimum Gasteiger partial charge on any atom is -0.350 e. The van der Waals surface area contributed by atoms with E-state index in [-0.39, 0.29) is 0 Å². The molecule has 0 saturated carbocycles. The van der Waals surface area contributed by atoms with E-state index in [0.717, 1.165) is 24.5 Å². The van der Waals surface area contributed by atoms with Crippen molar-refractivity contribution in [2.24, 2.45) is 0 Å². The van der Waals surface area contributed by atoms with Crippen molar-refractivity contribution in [1.29, 1.82) is 0 Å². The number of aromatic nitrogens is 4. The standard InChI is InChI=1S/C20H18N4/c1-2-10-23(9-1)15-17-5-7-21-19(13-17)20-14-18(6-8-22-20)16-24-11-3-4-12-24/h1-14H,15-16H2. The summed E-state index contributed by atoms with van der Waals surface area (Å²) in [6.45, 7) is 1.68. The van der Waals surface area contributed by atoms with E-state index in [9.17, 15) is 0 Å². The largest absolute Gasteiger partial charge is 0.350 e. The van der Waals surface area contributed by atoms with Crippen molar-refractivity contribution in [3.63, 3.8) is 0 Å². The Bertz CT molecular complexity index is 831. The molecule has 0 aliphatic heterocycles. The normalized spacial score (nSPS) is 10.8. The van der Waals surface area contributed by atoms with Crippen LogP contribution in [-0.4, -0.2) is 19.1 Å². The maximum Gasteiger partial charge on any atom is 0.0889 e. The summed E-state index contributed by atoms with van der Waals surface area (Å²) in [4.78, 5) is 9.00. The summed E-state index contributed by atoms with van der Waals surface area (Å²) in [7, 11) is 0. The van der Waals surface area contributed by atoms with Crippen molar-refractivity contribution in [2.45, 2.75) is 13.1 Å². The zero-order valence-electron chi connectivity index (χ0n) is 13.3. The van der Waals surface area contributed by atoms with Crippen LogP contribution in [0, 0.1) is 0 Å². The van der Waals surface area contributed by atoms with Gasteiger partial charge in [0.25, 0.3) is 0 Å². The quantitative estimate of drug-likeness (QED) is 0.561. The first-order chi connectivity index (χ1) is 11.9. The van der Waals surface area contributed by atoms with Gasteiger partial charge in [-0.2, -0.15) is 0 Å². The van der Waals surface area contributed by atoms with Crippen LogP contribution in [0.25, 0.3) is 11.4 Å². The van der Waals surface area contributed by atoms with Crippen LogP contribution >= 0.6 is 0 Å². The Balaban J connectivity index is 1.59. The average molecular weight is 314 g/mol. The van der Waals surface area contributed by atoms with Gasteiger partial charge in [-0.25, -0.2) is 0 Å². The highest BCUT2D eigenvalue weighted by molar-refractivity contribution is 5.55. The summed E-state index contributed by atoms with van der Waals surface area (Å²) in [6, 6.07) is 16.5. The molecule has 0 unspecified atom stereocenters. The predicted octanol–water partition coefficient (Wildman–Crippen LogP) is 3.84. The Hall–Kier alpha value is -3.14. The Kier molecular flexibility index (Phi) is 3.94. The van der Waals surface area contributed by atoms with Crippen LogP contribution in [0.4, 0.5) is 0 Å². The molecule has 0 spiro atoms. The van der Waals surface area contributed by atoms with E-state index in [1.165, 1.54) is 11.1 Å². The highest BCUT2D eigenvalue weighted by Gasteiger charge is 2.05. The molecule has 0 aliphatic carbocycles. The van der Waals surface area contributed by atoms with Gasteiger partial charge in [0.2, 0.25) is 0 Å². The minimum absolute atomic E-state index is 0.839. The van der Waals surface area contributed by atoms with E-state index in [4.69, 9.17) is 0 Å². The number of hydrogen-bond acceptors (Lipinski definition) is 2. The lowest BCUT2D eigenvalue weighted by atomic mass is 10.1. The summed E-state index contributed by atoms with van der Waals surface area (Å²) in [5, 5.41) is 0. The smallest absolute Gasteiger partial charge is 0.0889 e.